The minimum Gasteiger partial charge on any atom is -0.481 e. The smallest absolute Gasteiger partial charge is 0.339 e. The van der Waals surface area contributed by atoms with Crippen LogP contribution in [0.15, 0.2) is 12.3 Å². The second-order valence-corrected chi connectivity index (χ2v) is 4.01. The first-order valence-corrected chi connectivity index (χ1v) is 6.16. The first kappa shape index (κ1) is 15.2. The second kappa shape index (κ2) is 7.58. The van der Waals surface area contributed by atoms with Crippen LogP contribution in [0.1, 0.15) is 29.4 Å². The van der Waals surface area contributed by atoms with Gasteiger partial charge >= 0.3 is 11.9 Å². The Morgan fingerprint density at radius 3 is 2.74 bits per heavy atom. The molecule has 1 heterocycles. The maximum atomic E-state index is 11.7. The zero-order valence-electron chi connectivity index (χ0n) is 11.2. The lowest BCUT2D eigenvalue weighted by Gasteiger charge is -2.09. The first-order chi connectivity index (χ1) is 9.10. The summed E-state index contributed by atoms with van der Waals surface area (Å²) in [5.41, 5.74) is 0.795. The average molecular weight is 269 g/mol. The van der Waals surface area contributed by atoms with E-state index in [1.807, 2.05) is 0 Å². The number of carboxylic acid groups (broad SMARTS) is 1. The Labute approximate surface area is 111 Å². The van der Waals surface area contributed by atoms with Crippen LogP contribution in [-0.2, 0) is 27.2 Å². The summed E-state index contributed by atoms with van der Waals surface area (Å²) in [6, 6.07) is 1.60. The number of esters is 1. The summed E-state index contributed by atoms with van der Waals surface area (Å²) in [4.78, 5) is 22.6. The van der Waals surface area contributed by atoms with Crippen molar-refractivity contribution in [3.05, 3.63) is 23.5 Å². The Morgan fingerprint density at radius 2 is 2.16 bits per heavy atom. The Balaban J connectivity index is 2.91. The number of carbonyl (C=O) groups excluding carboxylic acids is 1. The molecule has 0 aliphatic heterocycles. The van der Waals surface area contributed by atoms with E-state index in [9.17, 15) is 9.59 Å². The van der Waals surface area contributed by atoms with Gasteiger partial charge in [-0.2, -0.15) is 0 Å². The summed E-state index contributed by atoms with van der Waals surface area (Å²) in [5, 5.41) is 8.93. The van der Waals surface area contributed by atoms with E-state index < -0.39 is 11.9 Å². The molecule has 0 saturated heterocycles. The van der Waals surface area contributed by atoms with Crippen molar-refractivity contribution in [2.24, 2.45) is 0 Å². The molecule has 0 aromatic carbocycles. The molecule has 0 aliphatic carbocycles. The highest BCUT2D eigenvalue weighted by atomic mass is 16.5. The van der Waals surface area contributed by atoms with Gasteiger partial charge in [0.25, 0.3) is 0 Å². The van der Waals surface area contributed by atoms with Crippen LogP contribution in [0.2, 0.25) is 0 Å². The molecule has 0 spiro atoms. The zero-order chi connectivity index (χ0) is 14.3. The molecule has 6 heteroatoms. The van der Waals surface area contributed by atoms with E-state index in [1.165, 1.54) is 0 Å². The minimum absolute atomic E-state index is 0.200. The number of ether oxygens (including phenoxy) is 2. The lowest BCUT2D eigenvalue weighted by molar-refractivity contribution is -0.136. The molecular formula is C13H19NO5. The van der Waals surface area contributed by atoms with E-state index in [1.54, 1.807) is 30.9 Å². The summed E-state index contributed by atoms with van der Waals surface area (Å²) in [6.07, 6.45) is 2.26. The lowest BCUT2D eigenvalue weighted by Crippen LogP contribution is -2.14. The van der Waals surface area contributed by atoms with Gasteiger partial charge in [-0.15, -0.1) is 0 Å². The largest absolute Gasteiger partial charge is 0.481 e. The number of carboxylic acids is 1. The molecule has 0 fully saturated rings. The number of methoxy groups -OCH3 is 1. The third-order valence-electron chi connectivity index (χ3n) is 2.64. The summed E-state index contributed by atoms with van der Waals surface area (Å²) in [6.45, 7) is 3.17. The van der Waals surface area contributed by atoms with Gasteiger partial charge in [0, 0.05) is 32.2 Å². The summed E-state index contributed by atoms with van der Waals surface area (Å²) >= 11 is 0. The van der Waals surface area contributed by atoms with Crippen LogP contribution in [0.25, 0.3) is 0 Å². The number of aromatic nitrogens is 1. The molecule has 1 rings (SSSR count). The number of carbonyl (C=O) groups is 2. The lowest BCUT2D eigenvalue weighted by atomic mass is 10.2. The second-order valence-electron chi connectivity index (χ2n) is 4.01. The van der Waals surface area contributed by atoms with Crippen molar-refractivity contribution in [1.29, 1.82) is 0 Å². The van der Waals surface area contributed by atoms with Gasteiger partial charge < -0.3 is 19.1 Å². The van der Waals surface area contributed by atoms with E-state index in [0.29, 0.717) is 24.4 Å². The van der Waals surface area contributed by atoms with Crippen molar-refractivity contribution >= 4 is 11.9 Å². The van der Waals surface area contributed by atoms with Crippen molar-refractivity contribution in [1.82, 2.24) is 4.57 Å². The molecule has 0 radical (unpaired) electrons. The van der Waals surface area contributed by atoms with E-state index in [0.717, 1.165) is 6.42 Å². The van der Waals surface area contributed by atoms with Gasteiger partial charge in [0.05, 0.1) is 18.6 Å². The number of aliphatic carboxylic acids is 1. The summed E-state index contributed by atoms with van der Waals surface area (Å²) in [5.74, 6) is -1.46. The number of hydrogen-bond donors (Lipinski definition) is 1. The number of nitrogens with zero attached hydrogens (tertiary/aromatic N) is 1. The predicted octanol–water partition coefficient (Wildman–Crippen LogP) is 1.33. The van der Waals surface area contributed by atoms with Gasteiger partial charge in [-0.05, 0) is 19.4 Å². The third-order valence-corrected chi connectivity index (χ3v) is 2.64. The van der Waals surface area contributed by atoms with Gasteiger partial charge in [0.15, 0.2) is 0 Å². The molecule has 106 valence electrons. The molecule has 1 N–H and O–H groups in total. The standard InChI is InChI=1S/C13H19NO5/c1-3-19-13(17)10-5-7-14(6-4-8-18-2)11(10)9-12(15)16/h5,7H,3-4,6,8-9H2,1-2H3,(H,15,16). The van der Waals surface area contributed by atoms with Crippen molar-refractivity contribution in [2.45, 2.75) is 26.3 Å². The van der Waals surface area contributed by atoms with Crippen LogP contribution in [0.5, 0.6) is 0 Å². The fourth-order valence-corrected chi connectivity index (χ4v) is 1.83. The molecular weight excluding hydrogens is 250 g/mol. The Bertz CT molecular complexity index is 438. The average Bonchev–Trinajstić information content (AvgIpc) is 2.72. The van der Waals surface area contributed by atoms with Gasteiger partial charge in [-0.25, -0.2) is 4.79 Å². The Morgan fingerprint density at radius 1 is 1.42 bits per heavy atom. The van der Waals surface area contributed by atoms with Crippen LogP contribution >= 0.6 is 0 Å². The minimum atomic E-state index is -0.975. The Hall–Kier alpha value is -1.82. The maximum Gasteiger partial charge on any atom is 0.339 e. The van der Waals surface area contributed by atoms with E-state index in [-0.39, 0.29) is 13.0 Å². The van der Waals surface area contributed by atoms with E-state index >= 15 is 0 Å². The highest BCUT2D eigenvalue weighted by Gasteiger charge is 2.18. The molecule has 0 unspecified atom stereocenters. The molecule has 1 aromatic rings. The van der Waals surface area contributed by atoms with Crippen LogP contribution in [-0.4, -0.2) is 41.9 Å². The van der Waals surface area contributed by atoms with Crippen LogP contribution < -0.4 is 0 Å². The maximum absolute atomic E-state index is 11.7. The fourth-order valence-electron chi connectivity index (χ4n) is 1.83. The summed E-state index contributed by atoms with van der Waals surface area (Å²) in [7, 11) is 1.61. The highest BCUT2D eigenvalue weighted by Crippen LogP contribution is 2.14. The fraction of sp³-hybridized carbons (Fsp3) is 0.538. The van der Waals surface area contributed by atoms with E-state index in [4.69, 9.17) is 14.6 Å². The third kappa shape index (κ3) is 4.40. The molecule has 0 bridgehead atoms. The van der Waals surface area contributed by atoms with Crippen LogP contribution in [0.3, 0.4) is 0 Å². The number of rotatable bonds is 8. The molecule has 0 atom stereocenters. The highest BCUT2D eigenvalue weighted by molar-refractivity contribution is 5.92. The summed E-state index contributed by atoms with van der Waals surface area (Å²) < 4.78 is 11.6. The topological polar surface area (TPSA) is 77.8 Å². The SMILES string of the molecule is CCOC(=O)c1ccn(CCCOC)c1CC(=O)O. The molecule has 0 saturated carbocycles. The molecule has 6 nitrogen and oxygen atoms in total. The first-order valence-electron chi connectivity index (χ1n) is 6.16. The van der Waals surface area contributed by atoms with Gasteiger partial charge in [-0.3, -0.25) is 4.79 Å². The number of hydrogen-bond acceptors (Lipinski definition) is 4. The van der Waals surface area contributed by atoms with Crippen LogP contribution in [0, 0.1) is 0 Å². The molecule has 1 aromatic heterocycles. The quantitative estimate of drug-likeness (QED) is 0.569. The monoisotopic (exact) mass is 269 g/mol. The van der Waals surface area contributed by atoms with Crippen LogP contribution in [0.4, 0.5) is 0 Å². The van der Waals surface area contributed by atoms with Gasteiger partial charge in [0.1, 0.15) is 0 Å². The van der Waals surface area contributed by atoms with Crippen molar-refractivity contribution in [3.63, 3.8) is 0 Å². The van der Waals surface area contributed by atoms with Gasteiger partial charge in [-0.1, -0.05) is 0 Å². The van der Waals surface area contributed by atoms with Crippen molar-refractivity contribution in [2.75, 3.05) is 20.3 Å². The van der Waals surface area contributed by atoms with Gasteiger partial charge in [0.2, 0.25) is 0 Å². The van der Waals surface area contributed by atoms with Crippen molar-refractivity contribution in [3.8, 4) is 0 Å². The zero-order valence-corrected chi connectivity index (χ0v) is 11.2. The normalized spacial score (nSPS) is 10.4. The van der Waals surface area contributed by atoms with Crippen molar-refractivity contribution < 1.29 is 24.2 Å². The predicted molar refractivity (Wildman–Crippen MR) is 68.2 cm³/mol. The molecule has 0 aliphatic rings. The Kier molecular flexibility index (Phi) is 6.08. The molecule has 0 amide bonds. The number of aryl methyl sites for hydroxylation is 1. The molecule has 19 heavy (non-hydrogen) atoms. The van der Waals surface area contributed by atoms with E-state index in [2.05, 4.69) is 0 Å².